The number of ether oxygens (including phenoxy) is 2. The van der Waals surface area contributed by atoms with Crippen molar-refractivity contribution in [3.63, 3.8) is 0 Å². The molecule has 1 aromatic heterocycles. The van der Waals surface area contributed by atoms with Gasteiger partial charge in [-0.05, 0) is 71.3 Å². The first kappa shape index (κ1) is 24.1. The van der Waals surface area contributed by atoms with Crippen LogP contribution in [-0.2, 0) is 17.0 Å². The third kappa shape index (κ3) is 5.73. The second-order valence-corrected chi connectivity index (χ2v) is 10.0. The van der Waals surface area contributed by atoms with E-state index < -0.39 is 5.97 Å². The number of methoxy groups -OCH3 is 2. The van der Waals surface area contributed by atoms with Crippen molar-refractivity contribution in [2.75, 3.05) is 14.2 Å². The van der Waals surface area contributed by atoms with Crippen LogP contribution in [0, 0.1) is 0 Å². The number of carbonyl (C=O) groups is 1. The zero-order chi connectivity index (χ0) is 24.1. The standard InChI is InChI=1S/C26H22ClNO4S2/c1-31-20-9-5-17(6-10-20)24-25(18-7-11-21(32-2)12-8-18)34-26(28-24)33-15-19-4-3-16(13-22(19)27)14-23(29)30/h3-13H,14-15H2,1-2H3,(H,29,30). The van der Waals surface area contributed by atoms with E-state index in [9.17, 15) is 4.79 Å². The maximum absolute atomic E-state index is 10.9. The van der Waals surface area contributed by atoms with Gasteiger partial charge in [0.05, 0.1) is 31.2 Å². The van der Waals surface area contributed by atoms with Crippen molar-refractivity contribution in [3.8, 4) is 33.2 Å². The Kier molecular flexibility index (Phi) is 7.77. The van der Waals surface area contributed by atoms with Crippen molar-refractivity contribution < 1.29 is 19.4 Å². The predicted molar refractivity (Wildman–Crippen MR) is 138 cm³/mol. The molecule has 4 rings (SSSR count). The average Bonchev–Trinajstić information content (AvgIpc) is 3.27. The molecule has 3 aromatic carbocycles. The molecule has 1 heterocycles. The van der Waals surface area contributed by atoms with E-state index in [2.05, 4.69) is 0 Å². The van der Waals surface area contributed by atoms with Crippen LogP contribution in [0.4, 0.5) is 0 Å². The molecule has 0 aliphatic heterocycles. The summed E-state index contributed by atoms with van der Waals surface area (Å²) in [6.45, 7) is 0. The van der Waals surface area contributed by atoms with E-state index in [1.807, 2.05) is 60.7 Å². The van der Waals surface area contributed by atoms with Crippen molar-refractivity contribution >= 4 is 40.7 Å². The quantitative estimate of drug-likeness (QED) is 0.242. The Balaban J connectivity index is 1.62. The average molecular weight is 512 g/mol. The lowest BCUT2D eigenvalue weighted by Gasteiger charge is -2.05. The molecule has 8 heteroatoms. The van der Waals surface area contributed by atoms with Crippen LogP contribution in [0.25, 0.3) is 21.7 Å². The van der Waals surface area contributed by atoms with Crippen molar-refractivity contribution in [2.45, 2.75) is 16.5 Å². The van der Waals surface area contributed by atoms with Gasteiger partial charge in [0.2, 0.25) is 0 Å². The van der Waals surface area contributed by atoms with Gasteiger partial charge in [-0.25, -0.2) is 4.98 Å². The summed E-state index contributed by atoms with van der Waals surface area (Å²) in [5.41, 5.74) is 4.60. The Morgan fingerprint density at radius 1 is 0.971 bits per heavy atom. The number of thiazole rings is 1. The van der Waals surface area contributed by atoms with Gasteiger partial charge >= 0.3 is 5.97 Å². The number of hydrogen-bond donors (Lipinski definition) is 1. The Labute approximate surface area is 211 Å². The number of thioether (sulfide) groups is 1. The Bertz CT molecular complexity index is 1220. The molecule has 0 aliphatic rings. The summed E-state index contributed by atoms with van der Waals surface area (Å²) in [5, 5.41) is 9.55. The summed E-state index contributed by atoms with van der Waals surface area (Å²) < 4.78 is 11.5. The Hall–Kier alpha value is -3.00. The first-order valence-corrected chi connectivity index (χ1v) is 12.6. The van der Waals surface area contributed by atoms with Crippen LogP contribution in [0.15, 0.2) is 71.1 Å². The molecule has 34 heavy (non-hydrogen) atoms. The van der Waals surface area contributed by atoms with Gasteiger partial charge in [0.25, 0.3) is 0 Å². The van der Waals surface area contributed by atoms with Gasteiger partial charge in [0, 0.05) is 16.3 Å². The molecule has 0 unspecified atom stereocenters. The molecule has 0 fully saturated rings. The van der Waals surface area contributed by atoms with E-state index in [0.29, 0.717) is 16.3 Å². The monoisotopic (exact) mass is 511 g/mol. The second-order valence-electron chi connectivity index (χ2n) is 7.40. The van der Waals surface area contributed by atoms with E-state index in [1.165, 1.54) is 0 Å². The number of aromatic nitrogens is 1. The fraction of sp³-hybridized carbons (Fsp3) is 0.154. The number of benzene rings is 3. The number of aliphatic carboxylic acids is 1. The highest BCUT2D eigenvalue weighted by atomic mass is 35.5. The molecule has 0 amide bonds. The lowest BCUT2D eigenvalue weighted by Crippen LogP contribution is -2.00. The van der Waals surface area contributed by atoms with Crippen LogP contribution in [0.1, 0.15) is 11.1 Å². The SMILES string of the molecule is COc1ccc(-c2nc(SCc3ccc(CC(=O)O)cc3Cl)sc2-c2ccc(OC)cc2)cc1. The number of halogens is 1. The van der Waals surface area contributed by atoms with E-state index >= 15 is 0 Å². The van der Waals surface area contributed by atoms with Gasteiger partial charge in [0.15, 0.2) is 4.34 Å². The normalized spacial score (nSPS) is 10.8. The minimum absolute atomic E-state index is 0.0456. The van der Waals surface area contributed by atoms with Crippen molar-refractivity contribution in [1.29, 1.82) is 0 Å². The molecular formula is C26H22ClNO4S2. The van der Waals surface area contributed by atoms with Gasteiger partial charge in [0.1, 0.15) is 11.5 Å². The molecule has 0 aliphatic carbocycles. The third-order valence-corrected chi connectivity index (χ3v) is 7.80. The van der Waals surface area contributed by atoms with Crippen LogP contribution in [0.5, 0.6) is 11.5 Å². The largest absolute Gasteiger partial charge is 0.497 e. The number of nitrogens with zero attached hydrogens (tertiary/aromatic N) is 1. The fourth-order valence-corrected chi connectivity index (χ4v) is 5.90. The first-order chi connectivity index (χ1) is 16.5. The number of carboxylic acids is 1. The maximum atomic E-state index is 10.9. The topological polar surface area (TPSA) is 68.7 Å². The molecule has 0 bridgehead atoms. The van der Waals surface area contributed by atoms with E-state index in [0.717, 1.165) is 43.1 Å². The van der Waals surface area contributed by atoms with Crippen LogP contribution < -0.4 is 9.47 Å². The molecule has 5 nitrogen and oxygen atoms in total. The highest BCUT2D eigenvalue weighted by Gasteiger charge is 2.16. The minimum Gasteiger partial charge on any atom is -0.497 e. The maximum Gasteiger partial charge on any atom is 0.307 e. The van der Waals surface area contributed by atoms with E-state index in [-0.39, 0.29) is 6.42 Å². The number of rotatable bonds is 9. The fourth-order valence-electron chi connectivity index (χ4n) is 3.38. The van der Waals surface area contributed by atoms with Crippen LogP contribution >= 0.6 is 34.7 Å². The molecule has 0 saturated carbocycles. The predicted octanol–water partition coefficient (Wildman–Crippen LogP) is 7.07. The van der Waals surface area contributed by atoms with Crippen LogP contribution in [0.3, 0.4) is 0 Å². The summed E-state index contributed by atoms with van der Waals surface area (Å²) in [6, 6.07) is 21.2. The first-order valence-electron chi connectivity index (χ1n) is 10.4. The van der Waals surface area contributed by atoms with Gasteiger partial charge in [-0.1, -0.05) is 35.5 Å². The smallest absolute Gasteiger partial charge is 0.307 e. The van der Waals surface area contributed by atoms with Crippen molar-refractivity contribution in [3.05, 3.63) is 82.9 Å². The van der Waals surface area contributed by atoms with Crippen LogP contribution in [-0.4, -0.2) is 30.3 Å². The molecule has 4 aromatic rings. The van der Waals surface area contributed by atoms with Gasteiger partial charge in [-0.3, -0.25) is 4.79 Å². The third-order valence-electron chi connectivity index (χ3n) is 5.15. The van der Waals surface area contributed by atoms with E-state index in [1.54, 1.807) is 43.4 Å². The van der Waals surface area contributed by atoms with Crippen molar-refractivity contribution in [1.82, 2.24) is 4.98 Å². The molecule has 0 saturated heterocycles. The molecular weight excluding hydrogens is 490 g/mol. The summed E-state index contributed by atoms with van der Waals surface area (Å²) in [6.07, 6.45) is -0.0456. The van der Waals surface area contributed by atoms with E-state index in [4.69, 9.17) is 31.2 Å². The summed E-state index contributed by atoms with van der Waals surface area (Å²) in [7, 11) is 3.30. The van der Waals surface area contributed by atoms with Gasteiger partial charge in [-0.2, -0.15) is 0 Å². The molecule has 0 atom stereocenters. The van der Waals surface area contributed by atoms with Gasteiger partial charge < -0.3 is 14.6 Å². The summed E-state index contributed by atoms with van der Waals surface area (Å²) >= 11 is 9.65. The zero-order valence-corrected chi connectivity index (χ0v) is 21.0. The zero-order valence-electron chi connectivity index (χ0n) is 18.6. The van der Waals surface area contributed by atoms with Crippen LogP contribution in [0.2, 0.25) is 5.02 Å². The summed E-state index contributed by atoms with van der Waals surface area (Å²) in [5.74, 6) is 1.34. The lowest BCUT2D eigenvalue weighted by atomic mass is 10.1. The second kappa shape index (κ2) is 11.0. The summed E-state index contributed by atoms with van der Waals surface area (Å²) in [4.78, 5) is 17.0. The molecule has 0 radical (unpaired) electrons. The van der Waals surface area contributed by atoms with Gasteiger partial charge in [-0.15, -0.1) is 11.3 Å². The molecule has 0 spiro atoms. The molecule has 1 N–H and O–H groups in total. The van der Waals surface area contributed by atoms with Crippen molar-refractivity contribution in [2.24, 2.45) is 0 Å². The highest BCUT2D eigenvalue weighted by molar-refractivity contribution is 8.00. The molecule has 174 valence electrons. The minimum atomic E-state index is -0.877. The highest BCUT2D eigenvalue weighted by Crippen LogP contribution is 2.42. The number of carboxylic acid groups (broad SMARTS) is 1. The number of hydrogen-bond acceptors (Lipinski definition) is 6. The lowest BCUT2D eigenvalue weighted by molar-refractivity contribution is -0.136. The Morgan fingerprint density at radius 2 is 1.59 bits per heavy atom. The Morgan fingerprint density at radius 3 is 2.15 bits per heavy atom.